The van der Waals surface area contributed by atoms with Crippen LogP contribution in [-0.4, -0.2) is 17.5 Å². The van der Waals surface area contributed by atoms with Crippen molar-refractivity contribution in [3.8, 4) is 0 Å². The van der Waals surface area contributed by atoms with Crippen LogP contribution < -0.4 is 10.6 Å². The second kappa shape index (κ2) is 4.50. The Kier molecular flexibility index (Phi) is 3.22. The molecule has 0 spiro atoms. The van der Waals surface area contributed by atoms with Crippen LogP contribution in [0.25, 0.3) is 0 Å². The van der Waals surface area contributed by atoms with E-state index in [0.717, 1.165) is 5.56 Å². The van der Waals surface area contributed by atoms with E-state index in [1.807, 2.05) is 13.8 Å². The molecule has 5 nitrogen and oxygen atoms in total. The number of anilines is 1. The number of hydrogen-bond acceptors (Lipinski definition) is 4. The number of rotatable bonds is 1. The first-order valence-electron chi connectivity index (χ1n) is 5.46. The molecule has 1 aromatic carbocycles. The summed E-state index contributed by atoms with van der Waals surface area (Å²) >= 11 is 5.92. The van der Waals surface area contributed by atoms with Crippen molar-refractivity contribution in [2.75, 3.05) is 11.9 Å². The Hall–Kier alpha value is -1.33. The van der Waals surface area contributed by atoms with Gasteiger partial charge in [0.1, 0.15) is 5.69 Å². The van der Waals surface area contributed by atoms with Gasteiger partial charge in [-0.3, -0.25) is 10.1 Å². The summed E-state index contributed by atoms with van der Waals surface area (Å²) in [6.07, 6.45) is 0. The lowest BCUT2D eigenvalue weighted by molar-refractivity contribution is -0.384. The molecule has 0 amide bonds. The van der Waals surface area contributed by atoms with Crippen LogP contribution in [0, 0.1) is 10.1 Å². The summed E-state index contributed by atoms with van der Waals surface area (Å²) in [4.78, 5) is 10.6. The Bertz CT molecular complexity index is 464. The summed E-state index contributed by atoms with van der Waals surface area (Å²) in [5.74, 6) is 0. The average Bonchev–Trinajstić information content (AvgIpc) is 2.38. The van der Waals surface area contributed by atoms with Crippen molar-refractivity contribution < 1.29 is 4.92 Å². The standard InChI is InChI=1S/C11H14ClN3O2/c1-6-5-13-11-9(7(2)14-6)3-8(12)4-10(11)15(16)17/h3-4,6-7,13-14H,5H2,1-2H3/t6-,7+/m1/s1. The zero-order valence-electron chi connectivity index (χ0n) is 9.66. The molecule has 0 aliphatic carbocycles. The highest BCUT2D eigenvalue weighted by molar-refractivity contribution is 6.31. The van der Waals surface area contributed by atoms with Crippen LogP contribution in [0.2, 0.25) is 5.02 Å². The molecule has 0 bridgehead atoms. The molecule has 92 valence electrons. The molecule has 2 N–H and O–H groups in total. The molecule has 1 aromatic rings. The van der Waals surface area contributed by atoms with Crippen molar-refractivity contribution in [2.24, 2.45) is 0 Å². The van der Waals surface area contributed by atoms with Gasteiger partial charge in [-0.2, -0.15) is 0 Å². The smallest absolute Gasteiger partial charge is 0.294 e. The number of nitrogens with zero attached hydrogens (tertiary/aromatic N) is 1. The maximum absolute atomic E-state index is 11.0. The molecule has 0 radical (unpaired) electrons. The van der Waals surface area contributed by atoms with Crippen molar-refractivity contribution in [1.82, 2.24) is 5.32 Å². The van der Waals surface area contributed by atoms with E-state index >= 15 is 0 Å². The van der Waals surface area contributed by atoms with Gasteiger partial charge < -0.3 is 10.6 Å². The van der Waals surface area contributed by atoms with Crippen molar-refractivity contribution in [3.63, 3.8) is 0 Å². The molecule has 0 saturated heterocycles. The summed E-state index contributed by atoms with van der Waals surface area (Å²) in [5, 5.41) is 17.9. The topological polar surface area (TPSA) is 67.2 Å². The Labute approximate surface area is 104 Å². The second-order valence-electron chi connectivity index (χ2n) is 4.32. The number of fused-ring (bicyclic) bond motifs is 1. The lowest BCUT2D eigenvalue weighted by atomic mass is 10.0. The molecule has 0 fully saturated rings. The van der Waals surface area contributed by atoms with Gasteiger partial charge in [0.05, 0.1) is 4.92 Å². The van der Waals surface area contributed by atoms with Gasteiger partial charge in [0.25, 0.3) is 5.69 Å². The predicted octanol–water partition coefficient (Wildman–Crippen LogP) is 2.71. The van der Waals surface area contributed by atoms with Crippen LogP contribution in [-0.2, 0) is 0 Å². The van der Waals surface area contributed by atoms with Gasteiger partial charge in [0.2, 0.25) is 0 Å². The molecule has 1 aliphatic heterocycles. The summed E-state index contributed by atoms with van der Waals surface area (Å²) in [7, 11) is 0. The minimum absolute atomic E-state index is 0.0346. The molecular weight excluding hydrogens is 242 g/mol. The van der Waals surface area contributed by atoms with Crippen LogP contribution in [0.5, 0.6) is 0 Å². The van der Waals surface area contributed by atoms with Crippen LogP contribution in [0.3, 0.4) is 0 Å². The molecule has 2 atom stereocenters. The van der Waals surface area contributed by atoms with Crippen LogP contribution in [0.1, 0.15) is 25.5 Å². The SMILES string of the molecule is C[C@@H]1CNc2c(cc(Cl)cc2[N+](=O)[O-])[C@H](C)N1. The zero-order valence-corrected chi connectivity index (χ0v) is 10.4. The first-order valence-corrected chi connectivity index (χ1v) is 5.84. The van der Waals surface area contributed by atoms with Crippen molar-refractivity contribution in [1.29, 1.82) is 0 Å². The molecule has 0 saturated carbocycles. The van der Waals surface area contributed by atoms with Crippen LogP contribution in [0.15, 0.2) is 12.1 Å². The first kappa shape index (κ1) is 12.1. The molecule has 0 aromatic heterocycles. The van der Waals surface area contributed by atoms with E-state index in [2.05, 4.69) is 10.6 Å². The zero-order chi connectivity index (χ0) is 12.6. The fourth-order valence-electron chi connectivity index (χ4n) is 2.12. The first-order chi connectivity index (χ1) is 7.99. The minimum atomic E-state index is -0.402. The summed E-state index contributed by atoms with van der Waals surface area (Å²) in [6.45, 7) is 4.66. The largest absolute Gasteiger partial charge is 0.378 e. The molecule has 1 heterocycles. The summed E-state index contributed by atoms with van der Waals surface area (Å²) in [6, 6.07) is 3.44. The third-order valence-electron chi connectivity index (χ3n) is 2.90. The average molecular weight is 256 g/mol. The third kappa shape index (κ3) is 2.35. The normalized spacial score (nSPS) is 23.5. The highest BCUT2D eigenvalue weighted by atomic mass is 35.5. The third-order valence-corrected chi connectivity index (χ3v) is 3.11. The molecule has 2 rings (SSSR count). The summed E-state index contributed by atoms with van der Waals surface area (Å²) < 4.78 is 0. The number of nitro benzene ring substituents is 1. The van der Waals surface area contributed by atoms with Gasteiger partial charge in [-0.05, 0) is 19.9 Å². The molecule has 6 heteroatoms. The van der Waals surface area contributed by atoms with E-state index in [1.165, 1.54) is 6.07 Å². The number of nitrogens with one attached hydrogen (secondary N) is 2. The fraction of sp³-hybridized carbons (Fsp3) is 0.455. The second-order valence-corrected chi connectivity index (χ2v) is 4.75. The monoisotopic (exact) mass is 255 g/mol. The maximum atomic E-state index is 11.0. The number of hydrogen-bond donors (Lipinski definition) is 2. The molecular formula is C11H14ClN3O2. The Balaban J connectivity index is 2.57. The van der Waals surface area contributed by atoms with Gasteiger partial charge in [-0.15, -0.1) is 0 Å². The Morgan fingerprint density at radius 3 is 2.82 bits per heavy atom. The van der Waals surface area contributed by atoms with Gasteiger partial charge >= 0.3 is 0 Å². The Morgan fingerprint density at radius 1 is 1.47 bits per heavy atom. The highest BCUT2D eigenvalue weighted by Crippen LogP contribution is 2.36. The van der Waals surface area contributed by atoms with Crippen molar-refractivity contribution in [2.45, 2.75) is 25.9 Å². The lowest BCUT2D eigenvalue weighted by Gasteiger charge is -2.15. The van der Waals surface area contributed by atoms with E-state index in [-0.39, 0.29) is 17.8 Å². The van der Waals surface area contributed by atoms with E-state index < -0.39 is 4.92 Å². The minimum Gasteiger partial charge on any atom is -0.378 e. The quantitative estimate of drug-likeness (QED) is 0.598. The van der Waals surface area contributed by atoms with Crippen LogP contribution in [0.4, 0.5) is 11.4 Å². The van der Waals surface area contributed by atoms with Gasteiger partial charge in [-0.25, -0.2) is 0 Å². The molecule has 1 aliphatic rings. The predicted molar refractivity (Wildman–Crippen MR) is 67.6 cm³/mol. The van der Waals surface area contributed by atoms with E-state index in [1.54, 1.807) is 6.07 Å². The fourth-order valence-corrected chi connectivity index (χ4v) is 2.34. The highest BCUT2D eigenvalue weighted by Gasteiger charge is 2.25. The summed E-state index contributed by atoms with van der Waals surface area (Å²) in [5.41, 5.74) is 1.45. The van der Waals surface area contributed by atoms with E-state index in [9.17, 15) is 10.1 Å². The number of benzene rings is 1. The van der Waals surface area contributed by atoms with Crippen molar-refractivity contribution >= 4 is 23.0 Å². The van der Waals surface area contributed by atoms with Gasteiger partial charge in [-0.1, -0.05) is 11.6 Å². The molecule has 17 heavy (non-hydrogen) atoms. The van der Waals surface area contributed by atoms with E-state index in [4.69, 9.17) is 11.6 Å². The number of halogens is 1. The van der Waals surface area contributed by atoms with Crippen LogP contribution >= 0.6 is 11.6 Å². The Morgan fingerprint density at radius 2 is 2.18 bits per heavy atom. The number of nitro groups is 1. The van der Waals surface area contributed by atoms with Gasteiger partial charge in [0, 0.05) is 35.3 Å². The van der Waals surface area contributed by atoms with Gasteiger partial charge in [0.15, 0.2) is 0 Å². The van der Waals surface area contributed by atoms with E-state index in [0.29, 0.717) is 17.3 Å². The van der Waals surface area contributed by atoms with Crippen molar-refractivity contribution in [3.05, 3.63) is 32.8 Å². The maximum Gasteiger partial charge on any atom is 0.294 e. The lowest BCUT2D eigenvalue weighted by Crippen LogP contribution is -2.31. The molecule has 0 unspecified atom stereocenters.